The molecular weight excluding hydrogens is 204 g/mol. The standard InChI is InChI=1S/C12H16N2O2/c15-8-9-4-1-2-5-10(9)14-12(16)11-6-3-7-13-11/h1-2,4-5,11,13,15H,3,6-8H2,(H,14,16)/t11-/m0/s1. The second-order valence-corrected chi connectivity index (χ2v) is 3.95. The van der Waals surface area contributed by atoms with Crippen molar-refractivity contribution >= 4 is 11.6 Å². The van der Waals surface area contributed by atoms with Crippen molar-refractivity contribution in [2.75, 3.05) is 11.9 Å². The first kappa shape index (κ1) is 11.1. The minimum atomic E-state index is -0.0910. The minimum absolute atomic E-state index is 0.0154. The minimum Gasteiger partial charge on any atom is -0.392 e. The highest BCUT2D eigenvalue weighted by molar-refractivity contribution is 5.95. The molecule has 4 heteroatoms. The molecule has 0 bridgehead atoms. The van der Waals surface area contributed by atoms with Gasteiger partial charge < -0.3 is 15.7 Å². The van der Waals surface area contributed by atoms with Gasteiger partial charge in [-0.25, -0.2) is 0 Å². The average Bonchev–Trinajstić information content (AvgIpc) is 2.83. The summed E-state index contributed by atoms with van der Waals surface area (Å²) in [7, 11) is 0. The van der Waals surface area contributed by atoms with Crippen molar-refractivity contribution in [2.45, 2.75) is 25.5 Å². The van der Waals surface area contributed by atoms with Crippen molar-refractivity contribution in [1.29, 1.82) is 0 Å². The number of aliphatic hydroxyl groups is 1. The van der Waals surface area contributed by atoms with E-state index >= 15 is 0 Å². The van der Waals surface area contributed by atoms with Gasteiger partial charge in [0.25, 0.3) is 0 Å². The number of para-hydroxylation sites is 1. The zero-order valence-electron chi connectivity index (χ0n) is 9.07. The Balaban J connectivity index is 2.05. The summed E-state index contributed by atoms with van der Waals surface area (Å²) in [5, 5.41) is 15.1. The molecule has 1 fully saturated rings. The van der Waals surface area contributed by atoms with Gasteiger partial charge in [-0.05, 0) is 25.5 Å². The summed E-state index contributed by atoms with van der Waals surface area (Å²) >= 11 is 0. The Kier molecular flexibility index (Phi) is 3.54. The lowest BCUT2D eigenvalue weighted by atomic mass is 10.1. The third kappa shape index (κ3) is 2.40. The van der Waals surface area contributed by atoms with Crippen LogP contribution in [0.5, 0.6) is 0 Å². The molecule has 0 aromatic heterocycles. The molecule has 0 saturated carbocycles. The molecule has 4 nitrogen and oxygen atoms in total. The van der Waals surface area contributed by atoms with E-state index in [1.807, 2.05) is 12.1 Å². The molecule has 1 aliphatic heterocycles. The van der Waals surface area contributed by atoms with Gasteiger partial charge in [-0.3, -0.25) is 4.79 Å². The van der Waals surface area contributed by atoms with Crippen LogP contribution >= 0.6 is 0 Å². The molecule has 1 atom stereocenters. The van der Waals surface area contributed by atoms with Gasteiger partial charge in [-0.2, -0.15) is 0 Å². The van der Waals surface area contributed by atoms with Crippen molar-refractivity contribution in [3.05, 3.63) is 29.8 Å². The fourth-order valence-electron chi connectivity index (χ4n) is 1.91. The van der Waals surface area contributed by atoms with Gasteiger partial charge in [0.05, 0.1) is 12.6 Å². The third-order valence-corrected chi connectivity index (χ3v) is 2.82. The maximum atomic E-state index is 11.8. The van der Waals surface area contributed by atoms with Crippen LogP contribution in [0.4, 0.5) is 5.69 Å². The Morgan fingerprint density at radius 2 is 2.31 bits per heavy atom. The predicted molar refractivity (Wildman–Crippen MR) is 62.0 cm³/mol. The molecule has 1 saturated heterocycles. The van der Waals surface area contributed by atoms with Crippen LogP contribution in [-0.2, 0) is 11.4 Å². The Morgan fingerprint density at radius 1 is 1.50 bits per heavy atom. The average molecular weight is 220 g/mol. The van der Waals surface area contributed by atoms with Crippen LogP contribution in [0.2, 0.25) is 0 Å². The largest absolute Gasteiger partial charge is 0.392 e. The quantitative estimate of drug-likeness (QED) is 0.708. The Labute approximate surface area is 94.7 Å². The summed E-state index contributed by atoms with van der Waals surface area (Å²) in [4.78, 5) is 11.8. The SMILES string of the molecule is O=C(Nc1ccccc1CO)[C@@H]1CCCN1. The summed E-state index contributed by atoms with van der Waals surface area (Å²) in [5.74, 6) is -0.0154. The highest BCUT2D eigenvalue weighted by atomic mass is 16.3. The predicted octanol–water partition coefficient (Wildman–Crippen LogP) is 0.869. The van der Waals surface area contributed by atoms with E-state index in [1.165, 1.54) is 0 Å². The van der Waals surface area contributed by atoms with Crippen LogP contribution < -0.4 is 10.6 Å². The van der Waals surface area contributed by atoms with E-state index in [0.29, 0.717) is 5.69 Å². The first-order chi connectivity index (χ1) is 7.81. The van der Waals surface area contributed by atoms with E-state index < -0.39 is 0 Å². The molecule has 16 heavy (non-hydrogen) atoms. The maximum Gasteiger partial charge on any atom is 0.241 e. The molecule has 1 aromatic rings. The smallest absolute Gasteiger partial charge is 0.241 e. The fourth-order valence-corrected chi connectivity index (χ4v) is 1.91. The van der Waals surface area contributed by atoms with E-state index in [2.05, 4.69) is 10.6 Å². The number of amides is 1. The molecule has 0 radical (unpaired) electrons. The molecule has 1 amide bonds. The lowest BCUT2D eigenvalue weighted by Gasteiger charge is -2.13. The molecule has 0 unspecified atom stereocenters. The molecule has 1 heterocycles. The topological polar surface area (TPSA) is 61.4 Å². The van der Waals surface area contributed by atoms with Crippen LogP contribution in [0.15, 0.2) is 24.3 Å². The normalized spacial score (nSPS) is 19.7. The number of aliphatic hydroxyl groups excluding tert-OH is 1. The monoisotopic (exact) mass is 220 g/mol. The van der Waals surface area contributed by atoms with E-state index in [0.717, 1.165) is 24.9 Å². The zero-order chi connectivity index (χ0) is 11.4. The second kappa shape index (κ2) is 5.09. The van der Waals surface area contributed by atoms with Crippen molar-refractivity contribution in [1.82, 2.24) is 5.32 Å². The number of hydrogen-bond donors (Lipinski definition) is 3. The molecule has 3 N–H and O–H groups in total. The van der Waals surface area contributed by atoms with Crippen LogP contribution in [0.25, 0.3) is 0 Å². The summed E-state index contributed by atoms with van der Waals surface area (Å²) in [6, 6.07) is 7.20. The van der Waals surface area contributed by atoms with E-state index in [-0.39, 0.29) is 18.6 Å². The third-order valence-electron chi connectivity index (χ3n) is 2.82. The number of rotatable bonds is 3. The second-order valence-electron chi connectivity index (χ2n) is 3.95. The number of carbonyl (C=O) groups excluding carboxylic acids is 1. The van der Waals surface area contributed by atoms with Gasteiger partial charge in [0.1, 0.15) is 0 Å². The molecule has 1 aromatic carbocycles. The van der Waals surface area contributed by atoms with E-state index in [1.54, 1.807) is 12.1 Å². The Hall–Kier alpha value is -1.39. The van der Waals surface area contributed by atoms with Crippen molar-refractivity contribution < 1.29 is 9.90 Å². The van der Waals surface area contributed by atoms with Gasteiger partial charge in [0.2, 0.25) is 5.91 Å². The number of hydrogen-bond acceptors (Lipinski definition) is 3. The van der Waals surface area contributed by atoms with Crippen LogP contribution in [-0.4, -0.2) is 23.6 Å². The van der Waals surface area contributed by atoms with Crippen molar-refractivity contribution in [2.24, 2.45) is 0 Å². The van der Waals surface area contributed by atoms with E-state index in [4.69, 9.17) is 5.11 Å². The summed E-state index contributed by atoms with van der Waals surface area (Å²) in [6.45, 7) is 0.842. The summed E-state index contributed by atoms with van der Waals surface area (Å²) < 4.78 is 0. The Bertz CT molecular complexity index is 373. The molecule has 86 valence electrons. The van der Waals surface area contributed by atoms with Crippen LogP contribution in [0.1, 0.15) is 18.4 Å². The van der Waals surface area contributed by atoms with Gasteiger partial charge in [-0.15, -0.1) is 0 Å². The lowest BCUT2D eigenvalue weighted by molar-refractivity contribution is -0.117. The molecule has 1 aliphatic rings. The number of nitrogens with one attached hydrogen (secondary N) is 2. The summed E-state index contributed by atoms with van der Waals surface area (Å²) in [6.07, 6.45) is 1.92. The zero-order valence-corrected chi connectivity index (χ0v) is 9.07. The van der Waals surface area contributed by atoms with Crippen LogP contribution in [0, 0.1) is 0 Å². The lowest BCUT2D eigenvalue weighted by Crippen LogP contribution is -2.35. The fraction of sp³-hybridized carbons (Fsp3) is 0.417. The molecule has 0 aliphatic carbocycles. The first-order valence-electron chi connectivity index (χ1n) is 5.54. The molecule has 2 rings (SSSR count). The number of anilines is 1. The Morgan fingerprint density at radius 3 is 3.00 bits per heavy atom. The number of benzene rings is 1. The summed E-state index contributed by atoms with van der Waals surface area (Å²) in [5.41, 5.74) is 1.44. The maximum absolute atomic E-state index is 11.8. The van der Waals surface area contributed by atoms with Gasteiger partial charge >= 0.3 is 0 Å². The van der Waals surface area contributed by atoms with Crippen LogP contribution in [0.3, 0.4) is 0 Å². The number of carbonyl (C=O) groups is 1. The van der Waals surface area contributed by atoms with Gasteiger partial charge in [-0.1, -0.05) is 18.2 Å². The van der Waals surface area contributed by atoms with Crippen molar-refractivity contribution in [3.8, 4) is 0 Å². The van der Waals surface area contributed by atoms with E-state index in [9.17, 15) is 4.79 Å². The van der Waals surface area contributed by atoms with Gasteiger partial charge in [0.15, 0.2) is 0 Å². The van der Waals surface area contributed by atoms with Crippen molar-refractivity contribution in [3.63, 3.8) is 0 Å². The molecular formula is C12H16N2O2. The highest BCUT2D eigenvalue weighted by Gasteiger charge is 2.22. The van der Waals surface area contributed by atoms with Gasteiger partial charge in [0, 0.05) is 11.3 Å². The molecule has 0 spiro atoms. The highest BCUT2D eigenvalue weighted by Crippen LogP contribution is 2.16. The first-order valence-corrected chi connectivity index (χ1v) is 5.54.